The number of nitrogens with two attached hydrogens (primary N) is 1. The van der Waals surface area contributed by atoms with E-state index in [4.69, 9.17) is 23.1 Å². The zero-order chi connectivity index (χ0) is 14.6. The molecular formula is C11H12BrF3N2OS. The quantitative estimate of drug-likeness (QED) is 0.795. The molecule has 3 N–H and O–H groups in total. The summed E-state index contributed by atoms with van der Waals surface area (Å²) in [6.07, 6.45) is -4.38. The van der Waals surface area contributed by atoms with E-state index < -0.39 is 19.3 Å². The van der Waals surface area contributed by atoms with Gasteiger partial charge in [-0.05, 0) is 28.1 Å². The molecule has 3 nitrogen and oxygen atoms in total. The van der Waals surface area contributed by atoms with E-state index in [1.54, 1.807) is 12.1 Å². The van der Waals surface area contributed by atoms with E-state index in [0.717, 1.165) is 4.90 Å². The van der Waals surface area contributed by atoms with Crippen molar-refractivity contribution < 1.29 is 18.3 Å². The Bertz CT molecular complexity index is 468. The van der Waals surface area contributed by atoms with Gasteiger partial charge in [0, 0.05) is 22.3 Å². The average molecular weight is 357 g/mol. The summed E-state index contributed by atoms with van der Waals surface area (Å²) in [7, 11) is 0. The summed E-state index contributed by atoms with van der Waals surface area (Å²) in [4.78, 5) is 0.992. The highest BCUT2D eigenvalue weighted by Crippen LogP contribution is 2.30. The van der Waals surface area contributed by atoms with E-state index in [0.29, 0.717) is 10.0 Å². The summed E-state index contributed by atoms with van der Waals surface area (Å²) in [6, 6.07) is 4.71. The summed E-state index contributed by atoms with van der Waals surface area (Å²) >= 11 is 8.07. The van der Waals surface area contributed by atoms with Gasteiger partial charge in [-0.15, -0.1) is 0 Å². The van der Waals surface area contributed by atoms with Gasteiger partial charge in [0.15, 0.2) is 0 Å². The second kappa shape index (κ2) is 6.53. The maximum Gasteiger partial charge on any atom is 0.405 e. The summed E-state index contributed by atoms with van der Waals surface area (Å²) in [5.41, 5.74) is 6.12. The standard InChI is InChI=1S/C11H12BrF3N2OS/c12-7-2-1-3-8(9(7)10(16)19)17(4-5-18)6-11(13,14)15/h1-3,18H,4-6H2,(H2,16,19). The molecule has 0 aliphatic carbocycles. The molecule has 0 saturated carbocycles. The van der Waals surface area contributed by atoms with Gasteiger partial charge < -0.3 is 15.7 Å². The van der Waals surface area contributed by atoms with E-state index in [2.05, 4.69) is 15.9 Å². The van der Waals surface area contributed by atoms with Crippen molar-refractivity contribution >= 4 is 38.8 Å². The van der Waals surface area contributed by atoms with E-state index in [1.807, 2.05) is 0 Å². The van der Waals surface area contributed by atoms with Gasteiger partial charge in [0.2, 0.25) is 0 Å². The lowest BCUT2D eigenvalue weighted by Crippen LogP contribution is -2.37. The molecule has 0 atom stereocenters. The van der Waals surface area contributed by atoms with Crippen molar-refractivity contribution in [2.45, 2.75) is 6.18 Å². The third-order valence-electron chi connectivity index (χ3n) is 2.32. The number of thiocarbonyl (C=S) groups is 1. The van der Waals surface area contributed by atoms with Crippen LogP contribution in [0.15, 0.2) is 22.7 Å². The number of nitrogens with zero attached hydrogens (tertiary/aromatic N) is 1. The molecule has 0 aliphatic rings. The predicted molar refractivity (Wildman–Crippen MR) is 75.4 cm³/mol. The van der Waals surface area contributed by atoms with E-state index >= 15 is 0 Å². The predicted octanol–water partition coefficient (Wildman–Crippen LogP) is 2.44. The van der Waals surface area contributed by atoms with Crippen LogP contribution in [0.5, 0.6) is 0 Å². The van der Waals surface area contributed by atoms with Crippen LogP contribution in [-0.2, 0) is 0 Å². The van der Waals surface area contributed by atoms with Crippen LogP contribution in [0.4, 0.5) is 18.9 Å². The molecule has 0 unspecified atom stereocenters. The van der Waals surface area contributed by atoms with Crippen LogP contribution in [0.25, 0.3) is 0 Å². The van der Waals surface area contributed by atoms with Crippen molar-refractivity contribution in [3.63, 3.8) is 0 Å². The summed E-state index contributed by atoms with van der Waals surface area (Å²) < 4.78 is 38.2. The molecule has 0 spiro atoms. The number of halogens is 4. The number of aliphatic hydroxyl groups is 1. The normalized spacial score (nSPS) is 11.4. The van der Waals surface area contributed by atoms with Gasteiger partial charge in [0.1, 0.15) is 11.5 Å². The van der Waals surface area contributed by atoms with Crippen molar-refractivity contribution in [2.75, 3.05) is 24.6 Å². The molecule has 8 heteroatoms. The van der Waals surface area contributed by atoms with Crippen LogP contribution >= 0.6 is 28.1 Å². The summed E-state index contributed by atoms with van der Waals surface area (Å²) in [5, 5.41) is 8.91. The molecule has 0 heterocycles. The van der Waals surface area contributed by atoms with Gasteiger partial charge in [-0.25, -0.2) is 0 Å². The van der Waals surface area contributed by atoms with Crippen molar-refractivity contribution in [2.24, 2.45) is 5.73 Å². The van der Waals surface area contributed by atoms with Crippen LogP contribution in [0.2, 0.25) is 0 Å². The van der Waals surface area contributed by atoms with Crippen LogP contribution in [0, 0.1) is 0 Å². The first kappa shape index (κ1) is 16.2. The Morgan fingerprint density at radius 1 is 1.42 bits per heavy atom. The Morgan fingerprint density at radius 3 is 2.53 bits per heavy atom. The minimum atomic E-state index is -4.38. The zero-order valence-corrected chi connectivity index (χ0v) is 12.1. The number of alkyl halides is 3. The smallest absolute Gasteiger partial charge is 0.395 e. The topological polar surface area (TPSA) is 49.5 Å². The molecule has 0 fully saturated rings. The highest BCUT2D eigenvalue weighted by atomic mass is 79.9. The summed E-state index contributed by atoms with van der Waals surface area (Å²) in [5.74, 6) is 0. The number of benzene rings is 1. The minimum absolute atomic E-state index is 0.00686. The fraction of sp³-hybridized carbons (Fsp3) is 0.364. The zero-order valence-electron chi connectivity index (χ0n) is 9.75. The Hall–Kier alpha value is -0.860. The second-order valence-electron chi connectivity index (χ2n) is 3.76. The van der Waals surface area contributed by atoms with Gasteiger partial charge in [0.25, 0.3) is 0 Å². The van der Waals surface area contributed by atoms with Crippen LogP contribution in [-0.4, -0.2) is 36.0 Å². The van der Waals surface area contributed by atoms with Gasteiger partial charge in [0.05, 0.1) is 6.61 Å². The third-order valence-corrected chi connectivity index (χ3v) is 3.18. The van der Waals surface area contributed by atoms with E-state index in [-0.39, 0.29) is 17.2 Å². The molecule has 0 saturated heterocycles. The largest absolute Gasteiger partial charge is 0.405 e. The molecular weight excluding hydrogens is 345 g/mol. The lowest BCUT2D eigenvalue weighted by molar-refractivity contribution is -0.119. The van der Waals surface area contributed by atoms with Crippen molar-refractivity contribution in [1.82, 2.24) is 0 Å². The fourth-order valence-electron chi connectivity index (χ4n) is 1.64. The first-order chi connectivity index (χ1) is 8.76. The van der Waals surface area contributed by atoms with Crippen LogP contribution in [0.1, 0.15) is 5.56 Å². The van der Waals surface area contributed by atoms with E-state index in [1.165, 1.54) is 6.07 Å². The van der Waals surface area contributed by atoms with Gasteiger partial charge in [-0.2, -0.15) is 13.2 Å². The van der Waals surface area contributed by atoms with Crippen molar-refractivity contribution in [3.05, 3.63) is 28.2 Å². The summed E-state index contributed by atoms with van der Waals surface area (Å²) in [6.45, 7) is -1.75. The lowest BCUT2D eigenvalue weighted by Gasteiger charge is -2.27. The molecule has 0 bridgehead atoms. The number of anilines is 1. The van der Waals surface area contributed by atoms with Crippen molar-refractivity contribution in [3.8, 4) is 0 Å². The first-order valence-electron chi connectivity index (χ1n) is 5.27. The Morgan fingerprint density at radius 2 is 2.05 bits per heavy atom. The maximum atomic E-state index is 12.5. The molecule has 1 rings (SSSR count). The Balaban J connectivity index is 3.22. The van der Waals surface area contributed by atoms with E-state index in [9.17, 15) is 13.2 Å². The Labute approximate surface area is 122 Å². The highest BCUT2D eigenvalue weighted by Gasteiger charge is 2.31. The average Bonchev–Trinajstić information content (AvgIpc) is 2.25. The first-order valence-corrected chi connectivity index (χ1v) is 6.47. The second-order valence-corrected chi connectivity index (χ2v) is 5.05. The van der Waals surface area contributed by atoms with Crippen LogP contribution in [0.3, 0.4) is 0 Å². The maximum absolute atomic E-state index is 12.5. The lowest BCUT2D eigenvalue weighted by atomic mass is 10.1. The molecule has 0 amide bonds. The molecule has 0 radical (unpaired) electrons. The van der Waals surface area contributed by atoms with Crippen molar-refractivity contribution in [1.29, 1.82) is 0 Å². The molecule has 0 aromatic heterocycles. The molecule has 106 valence electrons. The molecule has 1 aromatic carbocycles. The number of hydrogen-bond donors (Lipinski definition) is 2. The van der Waals surface area contributed by atoms with Crippen LogP contribution < -0.4 is 10.6 Å². The Kier molecular flexibility index (Phi) is 5.57. The number of hydrogen-bond acceptors (Lipinski definition) is 3. The number of aliphatic hydroxyl groups excluding tert-OH is 1. The monoisotopic (exact) mass is 356 g/mol. The molecule has 1 aromatic rings. The van der Waals surface area contributed by atoms with Gasteiger partial charge >= 0.3 is 6.18 Å². The molecule has 0 aliphatic heterocycles. The van der Waals surface area contributed by atoms with Gasteiger partial charge in [-0.3, -0.25) is 0 Å². The SMILES string of the molecule is NC(=S)c1c(Br)cccc1N(CCO)CC(F)(F)F. The highest BCUT2D eigenvalue weighted by molar-refractivity contribution is 9.10. The minimum Gasteiger partial charge on any atom is -0.395 e. The third kappa shape index (κ3) is 4.63. The number of rotatable bonds is 5. The van der Waals surface area contributed by atoms with Gasteiger partial charge in [-0.1, -0.05) is 18.3 Å². The molecule has 19 heavy (non-hydrogen) atoms. The fourth-order valence-corrected chi connectivity index (χ4v) is 2.56.